The first kappa shape index (κ1) is 22.5. The van der Waals surface area contributed by atoms with Crippen LogP contribution < -0.4 is 5.56 Å². The van der Waals surface area contributed by atoms with Crippen LogP contribution in [-0.2, 0) is 13.1 Å². The largest absolute Gasteiger partial charge is 0.468 e. The highest BCUT2D eigenvalue weighted by Gasteiger charge is 2.29. The first-order valence-electron chi connectivity index (χ1n) is 12.3. The fourth-order valence-corrected chi connectivity index (χ4v) is 5.18. The van der Waals surface area contributed by atoms with Gasteiger partial charge in [-0.2, -0.15) is 0 Å². The van der Waals surface area contributed by atoms with E-state index in [0.717, 1.165) is 52.9 Å². The molecule has 1 saturated carbocycles. The molecule has 34 heavy (non-hydrogen) atoms. The van der Waals surface area contributed by atoms with E-state index in [-0.39, 0.29) is 11.6 Å². The van der Waals surface area contributed by atoms with Crippen LogP contribution >= 0.6 is 0 Å². The van der Waals surface area contributed by atoms with Crippen LogP contribution in [0.1, 0.15) is 80.2 Å². The average molecular weight is 461 g/mol. The van der Waals surface area contributed by atoms with Crippen molar-refractivity contribution in [3.63, 3.8) is 0 Å². The fourth-order valence-electron chi connectivity index (χ4n) is 5.18. The molecular weight excluding hydrogens is 428 g/mol. The van der Waals surface area contributed by atoms with Crippen molar-refractivity contribution >= 4 is 10.9 Å². The number of aromatic nitrogens is 5. The number of H-pyrrole nitrogens is 1. The molecule has 1 aromatic carbocycles. The van der Waals surface area contributed by atoms with Crippen LogP contribution in [0.4, 0.5) is 0 Å². The number of hydrogen-bond donors (Lipinski definition) is 1. The Morgan fingerprint density at radius 3 is 2.79 bits per heavy atom. The van der Waals surface area contributed by atoms with Gasteiger partial charge in [0.1, 0.15) is 5.76 Å². The Morgan fingerprint density at radius 1 is 1.18 bits per heavy atom. The quantitative estimate of drug-likeness (QED) is 0.394. The highest BCUT2D eigenvalue weighted by Crippen LogP contribution is 2.32. The number of fused-ring (bicyclic) bond motifs is 1. The molecule has 3 aromatic heterocycles. The molecule has 0 spiro atoms. The molecular formula is C26H32N6O2. The number of aromatic amines is 1. The van der Waals surface area contributed by atoms with Gasteiger partial charge in [0.15, 0.2) is 5.82 Å². The van der Waals surface area contributed by atoms with Gasteiger partial charge >= 0.3 is 0 Å². The van der Waals surface area contributed by atoms with Crippen LogP contribution in [-0.4, -0.2) is 30.1 Å². The summed E-state index contributed by atoms with van der Waals surface area (Å²) in [5.74, 6) is 1.72. The molecule has 178 valence electrons. The number of rotatable bonds is 8. The third kappa shape index (κ3) is 4.68. The minimum absolute atomic E-state index is 0.0462. The third-order valence-electron chi connectivity index (χ3n) is 6.96. The number of tetrazole rings is 1. The number of hydrogen-bond acceptors (Lipinski definition) is 6. The maximum absolute atomic E-state index is 13.0. The van der Waals surface area contributed by atoms with E-state index in [9.17, 15) is 4.79 Å². The van der Waals surface area contributed by atoms with Crippen LogP contribution in [0.25, 0.3) is 10.9 Å². The van der Waals surface area contributed by atoms with Gasteiger partial charge in [-0.25, -0.2) is 4.68 Å². The van der Waals surface area contributed by atoms with E-state index >= 15 is 0 Å². The molecule has 3 heterocycles. The van der Waals surface area contributed by atoms with E-state index in [1.807, 2.05) is 35.9 Å². The van der Waals surface area contributed by atoms with Crippen LogP contribution in [0.5, 0.6) is 0 Å². The minimum Gasteiger partial charge on any atom is -0.468 e. The smallest absolute Gasteiger partial charge is 0.252 e. The van der Waals surface area contributed by atoms with Crippen LogP contribution in [0.15, 0.2) is 51.9 Å². The molecule has 1 atom stereocenters. The second-order valence-corrected chi connectivity index (χ2v) is 9.40. The Hall–Kier alpha value is -3.26. The molecule has 1 fully saturated rings. The summed E-state index contributed by atoms with van der Waals surface area (Å²) >= 11 is 0. The average Bonchev–Trinajstić information content (AvgIpc) is 3.53. The fraction of sp³-hybridized carbons (Fsp3) is 0.462. The lowest BCUT2D eigenvalue weighted by molar-refractivity contribution is 0.144. The molecule has 0 saturated heterocycles. The second-order valence-electron chi connectivity index (χ2n) is 9.40. The zero-order chi connectivity index (χ0) is 23.5. The van der Waals surface area contributed by atoms with Crippen molar-refractivity contribution in [1.82, 2.24) is 30.1 Å². The minimum atomic E-state index is -0.0655. The summed E-state index contributed by atoms with van der Waals surface area (Å²) < 4.78 is 7.73. The van der Waals surface area contributed by atoms with Gasteiger partial charge in [-0.1, -0.05) is 38.3 Å². The van der Waals surface area contributed by atoms with Crippen molar-refractivity contribution < 1.29 is 4.42 Å². The van der Waals surface area contributed by atoms with Gasteiger partial charge in [-0.05, 0) is 71.8 Å². The molecule has 1 aliphatic rings. The monoisotopic (exact) mass is 460 g/mol. The first-order chi connectivity index (χ1) is 16.6. The lowest BCUT2D eigenvalue weighted by atomic mass is 9.95. The molecule has 5 rings (SSSR count). The van der Waals surface area contributed by atoms with Crippen LogP contribution in [0, 0.1) is 6.92 Å². The van der Waals surface area contributed by atoms with Gasteiger partial charge < -0.3 is 9.40 Å². The van der Waals surface area contributed by atoms with Gasteiger partial charge in [0, 0.05) is 17.6 Å². The molecule has 8 heteroatoms. The lowest BCUT2D eigenvalue weighted by Gasteiger charge is -2.31. The highest BCUT2D eigenvalue weighted by atomic mass is 16.3. The summed E-state index contributed by atoms with van der Waals surface area (Å²) in [5.41, 5.74) is 2.64. The molecule has 4 aromatic rings. The predicted octanol–water partition coefficient (Wildman–Crippen LogP) is 5.07. The van der Waals surface area contributed by atoms with Crippen molar-refractivity contribution in [1.29, 1.82) is 0 Å². The lowest BCUT2D eigenvalue weighted by Crippen LogP contribution is -2.33. The van der Waals surface area contributed by atoms with E-state index in [0.29, 0.717) is 19.1 Å². The third-order valence-corrected chi connectivity index (χ3v) is 6.96. The van der Waals surface area contributed by atoms with Gasteiger partial charge in [-0.3, -0.25) is 9.69 Å². The Kier molecular flexibility index (Phi) is 6.58. The number of furan rings is 1. The summed E-state index contributed by atoms with van der Waals surface area (Å²) in [4.78, 5) is 18.4. The number of nitrogens with zero attached hydrogens (tertiary/aromatic N) is 5. The van der Waals surface area contributed by atoms with E-state index in [2.05, 4.69) is 44.5 Å². The van der Waals surface area contributed by atoms with E-state index in [1.54, 1.807) is 6.26 Å². The Bertz CT molecular complexity index is 1290. The van der Waals surface area contributed by atoms with E-state index < -0.39 is 0 Å². The number of benzene rings is 1. The summed E-state index contributed by atoms with van der Waals surface area (Å²) in [6.07, 6.45) is 8.42. The van der Waals surface area contributed by atoms with Gasteiger partial charge in [0.25, 0.3) is 5.56 Å². The maximum Gasteiger partial charge on any atom is 0.252 e. The number of aryl methyl sites for hydroxylation is 1. The molecule has 0 unspecified atom stereocenters. The van der Waals surface area contributed by atoms with E-state index in [1.165, 1.54) is 19.3 Å². The van der Waals surface area contributed by atoms with Crippen molar-refractivity contribution in [2.45, 2.75) is 77.5 Å². The Balaban J connectivity index is 1.50. The molecule has 0 radical (unpaired) electrons. The molecule has 0 amide bonds. The predicted molar refractivity (Wildman–Crippen MR) is 130 cm³/mol. The van der Waals surface area contributed by atoms with Crippen LogP contribution in [0.2, 0.25) is 0 Å². The summed E-state index contributed by atoms with van der Waals surface area (Å²) in [7, 11) is 0. The number of pyridine rings is 1. The van der Waals surface area contributed by atoms with E-state index in [4.69, 9.17) is 4.42 Å². The highest BCUT2D eigenvalue weighted by molar-refractivity contribution is 5.79. The second kappa shape index (κ2) is 9.93. The molecule has 8 nitrogen and oxygen atoms in total. The van der Waals surface area contributed by atoms with Gasteiger partial charge in [0.2, 0.25) is 0 Å². The topological polar surface area (TPSA) is 92.8 Å². The van der Waals surface area contributed by atoms with Crippen LogP contribution in [0.3, 0.4) is 0 Å². The first-order valence-corrected chi connectivity index (χ1v) is 12.3. The SMILES string of the molecule is CC[C@@H](c1nnnn1C1CCCCC1)N(Cc1ccco1)Cc1cc2ccc(C)cc2[nH]c1=O. The van der Waals surface area contributed by atoms with Gasteiger partial charge in [-0.15, -0.1) is 5.10 Å². The zero-order valence-corrected chi connectivity index (χ0v) is 19.9. The molecule has 0 bridgehead atoms. The Morgan fingerprint density at radius 2 is 2.03 bits per heavy atom. The number of nitrogens with one attached hydrogen (secondary N) is 1. The van der Waals surface area contributed by atoms with Crippen molar-refractivity contribution in [3.8, 4) is 0 Å². The molecule has 0 aliphatic heterocycles. The summed E-state index contributed by atoms with van der Waals surface area (Å²) in [6, 6.07) is 12.3. The van der Waals surface area contributed by atoms with Gasteiger partial charge in [0.05, 0.1) is 24.9 Å². The van der Waals surface area contributed by atoms with Crippen molar-refractivity contribution in [3.05, 3.63) is 75.7 Å². The Labute approximate surface area is 199 Å². The molecule has 1 aliphatic carbocycles. The zero-order valence-electron chi connectivity index (χ0n) is 19.9. The normalized spacial score (nSPS) is 15.9. The van der Waals surface area contributed by atoms with Crippen molar-refractivity contribution in [2.75, 3.05) is 0 Å². The maximum atomic E-state index is 13.0. The van der Waals surface area contributed by atoms with Crippen molar-refractivity contribution in [2.24, 2.45) is 0 Å². The molecule has 1 N–H and O–H groups in total. The standard InChI is InChI=1S/C26H32N6O2/c1-3-24(25-28-29-30-32(25)21-8-5-4-6-9-21)31(17-22-10-7-13-34-22)16-20-15-19-12-11-18(2)14-23(19)27-26(20)33/h7,10-15,21,24H,3-6,8-9,16-17H2,1-2H3,(H,27,33)/t24-/m0/s1. The summed E-state index contributed by atoms with van der Waals surface area (Å²) in [6.45, 7) is 5.20. The summed E-state index contributed by atoms with van der Waals surface area (Å²) in [5, 5.41) is 14.0.